The fourth-order valence-corrected chi connectivity index (χ4v) is 5.27. The molecule has 3 rings (SSSR count). The average Bonchev–Trinajstić information content (AvgIpc) is 3.45. The molecule has 0 aliphatic rings. The number of thiazole rings is 1. The Bertz CT molecular complexity index is 1330. The smallest absolute Gasteiger partial charge is 0.318 e. The van der Waals surface area contributed by atoms with Gasteiger partial charge < -0.3 is 26.6 Å². The molecule has 1 aromatic heterocycles. The van der Waals surface area contributed by atoms with Crippen LogP contribution in [0, 0.1) is 0 Å². The Kier molecular flexibility index (Phi) is 13.4. The first-order valence-electron chi connectivity index (χ1n) is 14.6. The minimum absolute atomic E-state index is 0.204. The summed E-state index contributed by atoms with van der Waals surface area (Å²) in [6.07, 6.45) is 5.29. The second-order valence-electron chi connectivity index (χ2n) is 11.0. The number of benzene rings is 2. The van der Waals surface area contributed by atoms with E-state index in [0.717, 1.165) is 21.8 Å². The number of aromatic nitrogens is 1. The van der Waals surface area contributed by atoms with Gasteiger partial charge in [0.05, 0.1) is 23.3 Å². The molecule has 3 aromatic rings. The zero-order valence-corrected chi connectivity index (χ0v) is 26.3. The van der Waals surface area contributed by atoms with Crippen molar-refractivity contribution in [3.05, 3.63) is 100 Å². The number of carbonyl (C=O) groups excluding carboxylic acids is 3. The van der Waals surface area contributed by atoms with Crippen molar-refractivity contribution in [2.45, 2.75) is 70.6 Å². The summed E-state index contributed by atoms with van der Waals surface area (Å²) in [5.74, 6) is -0.236. The maximum absolute atomic E-state index is 13.6. The van der Waals surface area contributed by atoms with Gasteiger partial charge in [-0.3, -0.25) is 9.59 Å². The molecule has 9 nitrogen and oxygen atoms in total. The molecule has 2 aromatic carbocycles. The van der Waals surface area contributed by atoms with Gasteiger partial charge >= 0.3 is 6.03 Å². The number of nitrogens with one attached hydrogen (secondary N) is 3. The molecule has 3 atom stereocenters. The van der Waals surface area contributed by atoms with Crippen LogP contribution in [0.3, 0.4) is 0 Å². The standard InChI is InChI=1S/C33H44N6O3S/c1-23(2)32-37-29(22-43-32)21-39(4)33(42)38-30(17-18-35-24(3)40)31(41)36-28(20-26-13-9-6-10-14-26)16-15-27(34)19-25-11-7-5-8-12-25/h5-16,22-23,27-28,30H,17-21,34H2,1-4H3,(H,35,40)(H,36,41)(H,38,42)/b16-15+/t27?,28-,30?/m0/s1. The Labute approximate surface area is 259 Å². The van der Waals surface area contributed by atoms with Crippen molar-refractivity contribution in [1.29, 1.82) is 0 Å². The maximum atomic E-state index is 13.6. The molecule has 0 bridgehead atoms. The Hall–Kier alpha value is -4.02. The van der Waals surface area contributed by atoms with Crippen LogP contribution in [0.25, 0.3) is 0 Å². The fourth-order valence-electron chi connectivity index (χ4n) is 4.45. The Morgan fingerprint density at radius 1 is 0.953 bits per heavy atom. The molecule has 0 radical (unpaired) electrons. The molecule has 0 aliphatic heterocycles. The van der Waals surface area contributed by atoms with Gasteiger partial charge in [0, 0.05) is 37.9 Å². The minimum atomic E-state index is -0.867. The van der Waals surface area contributed by atoms with Crippen LogP contribution in [-0.4, -0.2) is 59.4 Å². The van der Waals surface area contributed by atoms with Gasteiger partial charge in [-0.1, -0.05) is 86.7 Å². The zero-order valence-electron chi connectivity index (χ0n) is 25.5. The summed E-state index contributed by atoms with van der Waals surface area (Å²) in [5, 5.41) is 11.6. The Morgan fingerprint density at radius 3 is 2.16 bits per heavy atom. The van der Waals surface area contributed by atoms with Gasteiger partial charge in [-0.15, -0.1) is 11.3 Å². The van der Waals surface area contributed by atoms with Gasteiger partial charge in [-0.2, -0.15) is 0 Å². The first kappa shape index (κ1) is 33.5. The van der Waals surface area contributed by atoms with Crippen molar-refractivity contribution >= 4 is 29.2 Å². The SMILES string of the molecule is CC(=O)NCCC(NC(=O)N(C)Cc1csc(C(C)C)n1)C(=O)N[C@@H](/C=C/C(N)Cc1ccccc1)Cc1ccccc1. The molecule has 4 amide bonds. The van der Waals surface area contributed by atoms with Crippen molar-refractivity contribution in [2.24, 2.45) is 5.73 Å². The molecule has 0 saturated heterocycles. The van der Waals surface area contributed by atoms with Crippen molar-refractivity contribution in [3.63, 3.8) is 0 Å². The lowest BCUT2D eigenvalue weighted by Crippen LogP contribution is -2.53. The zero-order chi connectivity index (χ0) is 31.2. The van der Waals surface area contributed by atoms with Crippen LogP contribution in [-0.2, 0) is 29.0 Å². The topological polar surface area (TPSA) is 129 Å². The van der Waals surface area contributed by atoms with Crippen LogP contribution >= 0.6 is 11.3 Å². The quantitative estimate of drug-likeness (QED) is 0.194. The molecule has 2 unspecified atom stereocenters. The van der Waals surface area contributed by atoms with E-state index >= 15 is 0 Å². The molecular weight excluding hydrogens is 560 g/mol. The van der Waals surface area contributed by atoms with Crippen LogP contribution in [0.4, 0.5) is 4.79 Å². The highest BCUT2D eigenvalue weighted by Crippen LogP contribution is 2.20. The van der Waals surface area contributed by atoms with Crippen molar-refractivity contribution in [3.8, 4) is 0 Å². The van der Waals surface area contributed by atoms with E-state index in [1.54, 1.807) is 18.4 Å². The predicted octanol–water partition coefficient (Wildman–Crippen LogP) is 4.16. The summed E-state index contributed by atoms with van der Waals surface area (Å²) in [5.41, 5.74) is 9.39. The highest BCUT2D eigenvalue weighted by molar-refractivity contribution is 7.09. The number of rotatable bonds is 15. The summed E-state index contributed by atoms with van der Waals surface area (Å²) >= 11 is 1.57. The fraction of sp³-hybridized carbons (Fsp3) is 0.394. The lowest BCUT2D eigenvalue weighted by molar-refractivity contribution is -0.124. The number of carbonyl (C=O) groups is 3. The van der Waals surface area contributed by atoms with Crippen LogP contribution < -0.4 is 21.7 Å². The summed E-state index contributed by atoms with van der Waals surface area (Å²) < 4.78 is 0. The minimum Gasteiger partial charge on any atom is -0.356 e. The first-order valence-corrected chi connectivity index (χ1v) is 15.5. The van der Waals surface area contributed by atoms with E-state index in [1.165, 1.54) is 11.8 Å². The van der Waals surface area contributed by atoms with Crippen LogP contribution in [0.2, 0.25) is 0 Å². The van der Waals surface area contributed by atoms with Gasteiger partial charge in [-0.05, 0) is 30.4 Å². The average molecular weight is 605 g/mol. The molecule has 230 valence electrons. The lowest BCUT2D eigenvalue weighted by Gasteiger charge is -2.25. The van der Waals surface area contributed by atoms with Gasteiger partial charge in [0.1, 0.15) is 6.04 Å². The summed E-state index contributed by atoms with van der Waals surface area (Å²) in [6.45, 7) is 6.12. The predicted molar refractivity (Wildman–Crippen MR) is 173 cm³/mol. The summed E-state index contributed by atoms with van der Waals surface area (Å²) in [4.78, 5) is 44.4. The van der Waals surface area contributed by atoms with E-state index in [4.69, 9.17) is 5.73 Å². The Morgan fingerprint density at radius 2 is 1.58 bits per heavy atom. The van der Waals surface area contributed by atoms with E-state index in [1.807, 2.05) is 78.2 Å². The largest absolute Gasteiger partial charge is 0.356 e. The van der Waals surface area contributed by atoms with E-state index < -0.39 is 12.1 Å². The van der Waals surface area contributed by atoms with Gasteiger partial charge in [0.2, 0.25) is 11.8 Å². The van der Waals surface area contributed by atoms with Gasteiger partial charge in [0.25, 0.3) is 0 Å². The van der Waals surface area contributed by atoms with Crippen LogP contribution in [0.15, 0.2) is 78.2 Å². The molecule has 10 heteroatoms. The molecule has 0 aliphatic carbocycles. The molecule has 0 saturated carbocycles. The third kappa shape index (κ3) is 12.0. The van der Waals surface area contributed by atoms with E-state index in [-0.39, 0.29) is 36.9 Å². The Balaban J connectivity index is 1.71. The number of hydrogen-bond acceptors (Lipinski definition) is 6. The monoisotopic (exact) mass is 604 g/mol. The van der Waals surface area contributed by atoms with Crippen LogP contribution in [0.5, 0.6) is 0 Å². The third-order valence-electron chi connectivity index (χ3n) is 6.76. The molecular formula is C33H44N6O3S. The van der Waals surface area contributed by atoms with Crippen molar-refractivity contribution < 1.29 is 14.4 Å². The number of nitrogens with zero attached hydrogens (tertiary/aromatic N) is 2. The summed E-state index contributed by atoms with van der Waals surface area (Å²) in [7, 11) is 1.67. The summed E-state index contributed by atoms with van der Waals surface area (Å²) in [6, 6.07) is 18.0. The first-order chi connectivity index (χ1) is 20.6. The highest BCUT2D eigenvalue weighted by Gasteiger charge is 2.25. The van der Waals surface area contributed by atoms with E-state index in [0.29, 0.717) is 25.3 Å². The van der Waals surface area contributed by atoms with Crippen molar-refractivity contribution in [2.75, 3.05) is 13.6 Å². The molecule has 0 spiro atoms. The molecule has 5 N–H and O–H groups in total. The van der Waals surface area contributed by atoms with E-state index in [2.05, 4.69) is 34.8 Å². The number of urea groups is 1. The number of nitrogens with two attached hydrogens (primary N) is 1. The van der Waals surface area contributed by atoms with Gasteiger partial charge in [-0.25, -0.2) is 9.78 Å². The number of amides is 4. The van der Waals surface area contributed by atoms with Crippen LogP contribution in [0.1, 0.15) is 54.9 Å². The molecule has 43 heavy (non-hydrogen) atoms. The second kappa shape index (κ2) is 17.2. The normalized spacial score (nSPS) is 13.3. The second-order valence-corrected chi connectivity index (χ2v) is 11.9. The van der Waals surface area contributed by atoms with E-state index in [9.17, 15) is 14.4 Å². The molecule has 1 heterocycles. The third-order valence-corrected chi connectivity index (χ3v) is 7.96. The van der Waals surface area contributed by atoms with Crippen molar-refractivity contribution in [1.82, 2.24) is 25.8 Å². The lowest BCUT2D eigenvalue weighted by atomic mass is 10.0. The maximum Gasteiger partial charge on any atom is 0.318 e. The number of hydrogen-bond donors (Lipinski definition) is 4. The molecule has 0 fully saturated rings. The highest BCUT2D eigenvalue weighted by atomic mass is 32.1. The van der Waals surface area contributed by atoms with Gasteiger partial charge in [0.15, 0.2) is 0 Å².